The van der Waals surface area contributed by atoms with Crippen molar-refractivity contribution in [3.05, 3.63) is 0 Å². The van der Waals surface area contributed by atoms with Gasteiger partial charge >= 0.3 is 5.97 Å². The fourth-order valence-electron chi connectivity index (χ4n) is 1.82. The highest BCUT2D eigenvalue weighted by molar-refractivity contribution is 6.63. The van der Waals surface area contributed by atoms with Gasteiger partial charge in [-0.1, -0.05) is 44.9 Å². The molecular formula is C14H25ClO3. The summed E-state index contributed by atoms with van der Waals surface area (Å²) >= 11 is 5.25. The van der Waals surface area contributed by atoms with Gasteiger partial charge in [0.25, 0.3) is 0 Å². The SMILES string of the molecule is CC(=O)OCCCCCCCCCCCC(=O)Cl. The lowest BCUT2D eigenvalue weighted by atomic mass is 10.1. The van der Waals surface area contributed by atoms with E-state index in [1.807, 2.05) is 0 Å². The zero-order valence-corrected chi connectivity index (χ0v) is 12.1. The van der Waals surface area contributed by atoms with Gasteiger partial charge in [-0.2, -0.15) is 0 Å². The third kappa shape index (κ3) is 15.4. The maximum absolute atomic E-state index is 10.5. The average Bonchev–Trinajstić information content (AvgIpc) is 2.29. The maximum atomic E-state index is 10.5. The standard InChI is InChI=1S/C14H25ClO3/c1-13(16)18-12-10-8-6-4-2-3-5-7-9-11-14(15)17/h2-12H2,1H3. The number of carbonyl (C=O) groups is 2. The molecule has 0 fully saturated rings. The minimum Gasteiger partial charge on any atom is -0.466 e. The van der Waals surface area contributed by atoms with Crippen molar-refractivity contribution in [2.45, 2.75) is 71.1 Å². The Bertz CT molecular complexity index is 205. The Kier molecular flexibility index (Phi) is 12.5. The molecule has 0 bridgehead atoms. The Hall–Kier alpha value is -0.570. The highest BCUT2D eigenvalue weighted by Crippen LogP contribution is 2.11. The molecule has 3 nitrogen and oxygen atoms in total. The Morgan fingerprint density at radius 3 is 1.72 bits per heavy atom. The lowest BCUT2D eigenvalue weighted by Gasteiger charge is -2.03. The first kappa shape index (κ1) is 17.4. The molecule has 0 amide bonds. The summed E-state index contributed by atoms with van der Waals surface area (Å²) < 4.78 is 4.86. The van der Waals surface area contributed by atoms with Gasteiger partial charge in [0.1, 0.15) is 0 Å². The highest BCUT2D eigenvalue weighted by atomic mass is 35.5. The molecule has 0 spiro atoms. The summed E-state index contributed by atoms with van der Waals surface area (Å²) in [5.74, 6) is -0.189. The minimum absolute atomic E-state index is 0.189. The van der Waals surface area contributed by atoms with Crippen LogP contribution >= 0.6 is 11.6 Å². The van der Waals surface area contributed by atoms with E-state index in [4.69, 9.17) is 16.3 Å². The number of esters is 1. The molecule has 0 aliphatic heterocycles. The van der Waals surface area contributed by atoms with Crippen molar-refractivity contribution in [2.75, 3.05) is 6.61 Å². The van der Waals surface area contributed by atoms with Gasteiger partial charge in [-0.25, -0.2) is 0 Å². The second kappa shape index (κ2) is 12.9. The Balaban J connectivity index is 2.99. The molecular weight excluding hydrogens is 252 g/mol. The van der Waals surface area contributed by atoms with Crippen LogP contribution in [0.2, 0.25) is 0 Å². The van der Waals surface area contributed by atoms with E-state index in [1.54, 1.807) is 0 Å². The fourth-order valence-corrected chi connectivity index (χ4v) is 1.95. The molecule has 0 unspecified atom stereocenters. The smallest absolute Gasteiger partial charge is 0.302 e. The molecule has 0 aromatic heterocycles. The van der Waals surface area contributed by atoms with Crippen molar-refractivity contribution < 1.29 is 14.3 Å². The van der Waals surface area contributed by atoms with Gasteiger partial charge in [-0.05, 0) is 24.4 Å². The third-order valence-electron chi connectivity index (χ3n) is 2.82. The summed E-state index contributed by atoms with van der Waals surface area (Å²) in [7, 11) is 0. The molecule has 0 atom stereocenters. The number of unbranched alkanes of at least 4 members (excludes halogenated alkanes) is 8. The molecule has 18 heavy (non-hydrogen) atoms. The predicted octanol–water partition coefficient (Wildman–Crippen LogP) is 4.22. The molecule has 0 aromatic carbocycles. The molecule has 0 aromatic rings. The van der Waals surface area contributed by atoms with Crippen LogP contribution in [0.25, 0.3) is 0 Å². The van der Waals surface area contributed by atoms with Gasteiger partial charge in [0.05, 0.1) is 6.61 Å². The highest BCUT2D eigenvalue weighted by Gasteiger charge is 1.97. The fraction of sp³-hybridized carbons (Fsp3) is 0.857. The Morgan fingerprint density at radius 1 is 0.833 bits per heavy atom. The summed E-state index contributed by atoms with van der Waals surface area (Å²) in [6.07, 6.45) is 10.8. The van der Waals surface area contributed by atoms with Crippen molar-refractivity contribution in [2.24, 2.45) is 0 Å². The summed E-state index contributed by atoms with van der Waals surface area (Å²) in [5, 5.41) is -0.220. The van der Waals surface area contributed by atoms with Crippen LogP contribution in [-0.2, 0) is 14.3 Å². The number of hydrogen-bond acceptors (Lipinski definition) is 3. The summed E-state index contributed by atoms with van der Waals surface area (Å²) in [6, 6.07) is 0. The van der Waals surface area contributed by atoms with Crippen LogP contribution < -0.4 is 0 Å². The van der Waals surface area contributed by atoms with Crippen LogP contribution in [0.15, 0.2) is 0 Å². The van der Waals surface area contributed by atoms with Crippen molar-refractivity contribution in [3.63, 3.8) is 0 Å². The lowest BCUT2D eigenvalue weighted by Crippen LogP contribution is -2.00. The molecule has 0 aliphatic rings. The zero-order valence-electron chi connectivity index (χ0n) is 11.4. The van der Waals surface area contributed by atoms with E-state index in [-0.39, 0.29) is 11.2 Å². The van der Waals surface area contributed by atoms with Gasteiger partial charge in [0, 0.05) is 13.3 Å². The molecule has 0 heterocycles. The third-order valence-corrected chi connectivity index (χ3v) is 3.01. The van der Waals surface area contributed by atoms with E-state index in [0.29, 0.717) is 13.0 Å². The van der Waals surface area contributed by atoms with Gasteiger partial charge in [-0.15, -0.1) is 0 Å². The normalized spacial score (nSPS) is 10.3. The van der Waals surface area contributed by atoms with Crippen LogP contribution in [-0.4, -0.2) is 17.8 Å². The first-order valence-corrected chi connectivity index (χ1v) is 7.32. The number of ether oxygens (including phenoxy) is 1. The van der Waals surface area contributed by atoms with Gasteiger partial charge < -0.3 is 4.74 Å². The van der Waals surface area contributed by atoms with Gasteiger partial charge in [0.15, 0.2) is 0 Å². The molecule has 0 radical (unpaired) electrons. The number of carbonyl (C=O) groups excluding carboxylic acids is 2. The first-order chi connectivity index (χ1) is 8.63. The van der Waals surface area contributed by atoms with Crippen LogP contribution in [0.4, 0.5) is 0 Å². The average molecular weight is 277 g/mol. The number of halogens is 1. The van der Waals surface area contributed by atoms with E-state index in [1.165, 1.54) is 39.0 Å². The van der Waals surface area contributed by atoms with Crippen LogP contribution in [0.3, 0.4) is 0 Å². The molecule has 0 N–H and O–H groups in total. The number of rotatable bonds is 12. The molecule has 0 saturated heterocycles. The number of hydrogen-bond donors (Lipinski definition) is 0. The maximum Gasteiger partial charge on any atom is 0.302 e. The van der Waals surface area contributed by atoms with Crippen LogP contribution in [0.1, 0.15) is 71.1 Å². The monoisotopic (exact) mass is 276 g/mol. The van der Waals surface area contributed by atoms with Gasteiger partial charge in [-0.3, -0.25) is 9.59 Å². The van der Waals surface area contributed by atoms with E-state index >= 15 is 0 Å². The second-order valence-electron chi connectivity index (χ2n) is 4.63. The summed E-state index contributed by atoms with van der Waals surface area (Å²) in [5.41, 5.74) is 0. The first-order valence-electron chi connectivity index (χ1n) is 6.94. The molecule has 0 saturated carbocycles. The topological polar surface area (TPSA) is 43.4 Å². The minimum atomic E-state index is -0.220. The molecule has 4 heteroatoms. The Labute approximate surface area is 115 Å². The predicted molar refractivity (Wildman–Crippen MR) is 73.7 cm³/mol. The zero-order chi connectivity index (χ0) is 13.6. The lowest BCUT2D eigenvalue weighted by molar-refractivity contribution is -0.141. The van der Waals surface area contributed by atoms with E-state index < -0.39 is 0 Å². The second-order valence-corrected chi connectivity index (χ2v) is 5.05. The molecule has 0 aliphatic carbocycles. The molecule has 106 valence electrons. The van der Waals surface area contributed by atoms with Crippen molar-refractivity contribution in [1.82, 2.24) is 0 Å². The Morgan fingerprint density at radius 2 is 1.28 bits per heavy atom. The van der Waals surface area contributed by atoms with E-state index in [2.05, 4.69) is 0 Å². The summed E-state index contributed by atoms with van der Waals surface area (Å²) in [4.78, 5) is 21.0. The molecule has 0 rings (SSSR count). The van der Waals surface area contributed by atoms with E-state index in [9.17, 15) is 9.59 Å². The van der Waals surface area contributed by atoms with Crippen LogP contribution in [0.5, 0.6) is 0 Å². The van der Waals surface area contributed by atoms with Crippen molar-refractivity contribution >= 4 is 22.8 Å². The van der Waals surface area contributed by atoms with Crippen LogP contribution in [0, 0.1) is 0 Å². The largest absolute Gasteiger partial charge is 0.466 e. The van der Waals surface area contributed by atoms with E-state index in [0.717, 1.165) is 25.7 Å². The summed E-state index contributed by atoms with van der Waals surface area (Å²) in [6.45, 7) is 2.00. The van der Waals surface area contributed by atoms with Gasteiger partial charge in [0.2, 0.25) is 5.24 Å². The quantitative estimate of drug-likeness (QED) is 0.305. The van der Waals surface area contributed by atoms with Crippen molar-refractivity contribution in [1.29, 1.82) is 0 Å². The van der Waals surface area contributed by atoms with Crippen molar-refractivity contribution in [3.8, 4) is 0 Å².